The first-order valence-corrected chi connectivity index (χ1v) is 10.7. The molecule has 0 radical (unpaired) electrons. The molecular weight excluding hydrogens is 408 g/mol. The average molecular weight is 436 g/mol. The van der Waals surface area contributed by atoms with Gasteiger partial charge in [-0.05, 0) is 80.2 Å². The second kappa shape index (κ2) is 10.2. The maximum absolute atomic E-state index is 14.5. The molecule has 1 aliphatic rings. The van der Waals surface area contributed by atoms with Crippen LogP contribution in [0.1, 0.15) is 62.5 Å². The normalized spacial score (nSPS) is 19.5. The smallest absolute Gasteiger partial charge is 0.429 e. The Balaban J connectivity index is 1.63. The minimum Gasteiger partial charge on any atom is -0.494 e. The van der Waals surface area contributed by atoms with Crippen LogP contribution in [0.15, 0.2) is 48.6 Å². The maximum Gasteiger partial charge on any atom is 0.429 e. The SMILES string of the molecule is CCC=CCC1CCC(c2ccc(OC(F)(F)c3ccc(OC)c(F)c3F)cc2)CC1. The van der Waals surface area contributed by atoms with E-state index in [4.69, 9.17) is 4.74 Å². The number of alkyl halides is 2. The summed E-state index contributed by atoms with van der Waals surface area (Å²) in [5.41, 5.74) is -0.0924. The van der Waals surface area contributed by atoms with E-state index in [1.165, 1.54) is 12.1 Å². The lowest BCUT2D eigenvalue weighted by atomic mass is 9.77. The molecule has 2 aromatic rings. The second-order valence-electron chi connectivity index (χ2n) is 7.96. The molecule has 0 aliphatic heterocycles. The summed E-state index contributed by atoms with van der Waals surface area (Å²) in [6.07, 6.45) is 7.04. The molecule has 31 heavy (non-hydrogen) atoms. The molecule has 0 bridgehead atoms. The summed E-state index contributed by atoms with van der Waals surface area (Å²) in [5, 5.41) is 0. The van der Waals surface area contributed by atoms with Gasteiger partial charge in [0.1, 0.15) is 11.3 Å². The van der Waals surface area contributed by atoms with Gasteiger partial charge in [0, 0.05) is 0 Å². The Morgan fingerprint density at radius 1 is 0.935 bits per heavy atom. The van der Waals surface area contributed by atoms with Gasteiger partial charge in [-0.15, -0.1) is 0 Å². The fourth-order valence-corrected chi connectivity index (χ4v) is 4.11. The van der Waals surface area contributed by atoms with Gasteiger partial charge in [-0.1, -0.05) is 31.2 Å². The summed E-state index contributed by atoms with van der Waals surface area (Å²) >= 11 is 0. The first-order chi connectivity index (χ1) is 14.9. The van der Waals surface area contributed by atoms with Crippen molar-refractivity contribution in [3.8, 4) is 11.5 Å². The largest absolute Gasteiger partial charge is 0.494 e. The highest BCUT2D eigenvalue weighted by Crippen LogP contribution is 2.39. The average Bonchev–Trinajstić information content (AvgIpc) is 2.76. The van der Waals surface area contributed by atoms with Crippen LogP contribution in [0.2, 0.25) is 0 Å². The third-order valence-electron chi connectivity index (χ3n) is 5.90. The zero-order chi connectivity index (χ0) is 22.4. The first kappa shape index (κ1) is 23.2. The number of hydrogen-bond donors (Lipinski definition) is 0. The van der Waals surface area contributed by atoms with Crippen molar-refractivity contribution in [1.29, 1.82) is 0 Å². The second-order valence-corrected chi connectivity index (χ2v) is 7.96. The lowest BCUT2D eigenvalue weighted by Crippen LogP contribution is -2.24. The van der Waals surface area contributed by atoms with Crippen LogP contribution < -0.4 is 9.47 Å². The van der Waals surface area contributed by atoms with Gasteiger partial charge in [-0.25, -0.2) is 4.39 Å². The molecule has 168 valence electrons. The van der Waals surface area contributed by atoms with Crippen molar-refractivity contribution in [3.05, 3.63) is 71.3 Å². The zero-order valence-electron chi connectivity index (χ0n) is 17.8. The molecule has 1 saturated carbocycles. The van der Waals surface area contributed by atoms with E-state index in [0.717, 1.165) is 63.3 Å². The van der Waals surface area contributed by atoms with Gasteiger partial charge >= 0.3 is 6.11 Å². The number of methoxy groups -OCH3 is 1. The van der Waals surface area contributed by atoms with Crippen molar-refractivity contribution in [1.82, 2.24) is 0 Å². The van der Waals surface area contributed by atoms with Crippen molar-refractivity contribution in [2.45, 2.75) is 57.5 Å². The van der Waals surface area contributed by atoms with Gasteiger partial charge < -0.3 is 9.47 Å². The van der Waals surface area contributed by atoms with Crippen LogP contribution in [0.5, 0.6) is 11.5 Å². The monoisotopic (exact) mass is 436 g/mol. The topological polar surface area (TPSA) is 18.5 Å². The van der Waals surface area contributed by atoms with Crippen LogP contribution in [-0.2, 0) is 6.11 Å². The molecule has 2 nitrogen and oxygen atoms in total. The van der Waals surface area contributed by atoms with E-state index >= 15 is 0 Å². The van der Waals surface area contributed by atoms with Crippen LogP contribution in [0, 0.1) is 17.6 Å². The minimum atomic E-state index is -4.03. The Morgan fingerprint density at radius 3 is 2.23 bits per heavy atom. The molecular formula is C25H28F4O2. The summed E-state index contributed by atoms with van der Waals surface area (Å²) in [7, 11) is 1.13. The summed E-state index contributed by atoms with van der Waals surface area (Å²) in [5.74, 6) is -2.61. The Morgan fingerprint density at radius 2 is 1.61 bits per heavy atom. The molecule has 2 aromatic carbocycles. The van der Waals surface area contributed by atoms with Crippen LogP contribution in [0.4, 0.5) is 17.6 Å². The quantitative estimate of drug-likeness (QED) is 0.311. The number of rotatable bonds is 8. The molecule has 1 fully saturated rings. The summed E-state index contributed by atoms with van der Waals surface area (Å²) < 4.78 is 66.1. The minimum absolute atomic E-state index is 0.109. The van der Waals surface area contributed by atoms with E-state index in [1.807, 2.05) is 0 Å². The van der Waals surface area contributed by atoms with Crippen molar-refractivity contribution < 1.29 is 27.0 Å². The molecule has 0 spiro atoms. The summed E-state index contributed by atoms with van der Waals surface area (Å²) in [6, 6.07) is 8.17. The zero-order valence-corrected chi connectivity index (χ0v) is 17.8. The maximum atomic E-state index is 14.5. The highest BCUT2D eigenvalue weighted by molar-refractivity contribution is 5.34. The standard InChI is InChI=1S/C25H28F4O2/c1-3-4-5-6-17-7-9-18(10-8-17)19-11-13-20(14-12-19)31-25(28,29)21-15-16-22(30-2)24(27)23(21)26/h4-5,11-18H,3,6-10H2,1-2H3. The molecule has 0 heterocycles. The molecule has 0 aromatic heterocycles. The fourth-order valence-electron chi connectivity index (χ4n) is 4.11. The number of benzene rings is 2. The van der Waals surface area contributed by atoms with E-state index in [-0.39, 0.29) is 5.75 Å². The van der Waals surface area contributed by atoms with Crippen LogP contribution in [-0.4, -0.2) is 7.11 Å². The molecule has 0 atom stereocenters. The number of hydrogen-bond acceptors (Lipinski definition) is 2. The Labute approximate surface area is 180 Å². The third kappa shape index (κ3) is 5.60. The predicted molar refractivity (Wildman–Crippen MR) is 113 cm³/mol. The summed E-state index contributed by atoms with van der Waals surface area (Å²) in [6.45, 7) is 2.13. The van der Waals surface area contributed by atoms with Crippen molar-refractivity contribution in [2.75, 3.05) is 7.11 Å². The lowest BCUT2D eigenvalue weighted by Gasteiger charge is -2.28. The Hall–Kier alpha value is -2.50. The summed E-state index contributed by atoms with van der Waals surface area (Å²) in [4.78, 5) is 0. The number of ether oxygens (including phenoxy) is 2. The number of halogens is 4. The van der Waals surface area contributed by atoms with Crippen molar-refractivity contribution in [2.24, 2.45) is 5.92 Å². The molecule has 0 saturated heterocycles. The highest BCUT2D eigenvalue weighted by Gasteiger charge is 2.39. The van der Waals surface area contributed by atoms with Gasteiger partial charge in [0.15, 0.2) is 11.6 Å². The van der Waals surface area contributed by atoms with Crippen molar-refractivity contribution in [3.63, 3.8) is 0 Å². The van der Waals surface area contributed by atoms with Crippen LogP contribution in [0.3, 0.4) is 0 Å². The van der Waals surface area contributed by atoms with Gasteiger partial charge in [-0.2, -0.15) is 13.2 Å². The molecule has 6 heteroatoms. The first-order valence-electron chi connectivity index (χ1n) is 10.7. The lowest BCUT2D eigenvalue weighted by molar-refractivity contribution is -0.187. The fraction of sp³-hybridized carbons (Fsp3) is 0.440. The van der Waals surface area contributed by atoms with Crippen molar-refractivity contribution >= 4 is 0 Å². The number of allylic oxidation sites excluding steroid dienone is 2. The molecule has 0 unspecified atom stereocenters. The molecule has 0 N–H and O–H groups in total. The highest BCUT2D eigenvalue weighted by atomic mass is 19.3. The van der Waals surface area contributed by atoms with E-state index in [9.17, 15) is 17.6 Å². The van der Waals surface area contributed by atoms with Crippen LogP contribution in [0.25, 0.3) is 0 Å². The molecule has 1 aliphatic carbocycles. The van der Waals surface area contributed by atoms with Crippen LogP contribution >= 0.6 is 0 Å². The van der Waals surface area contributed by atoms with Gasteiger partial charge in [0.25, 0.3) is 0 Å². The Bertz CT molecular complexity index is 885. The predicted octanol–water partition coefficient (Wildman–Crippen LogP) is 7.73. The van der Waals surface area contributed by atoms with Gasteiger partial charge in [0.05, 0.1) is 7.11 Å². The van der Waals surface area contributed by atoms with Gasteiger partial charge in [-0.3, -0.25) is 0 Å². The van der Waals surface area contributed by atoms with E-state index in [2.05, 4.69) is 23.8 Å². The third-order valence-corrected chi connectivity index (χ3v) is 5.90. The van der Waals surface area contributed by atoms with E-state index in [0.29, 0.717) is 11.8 Å². The molecule has 3 rings (SSSR count). The molecule has 0 amide bonds. The van der Waals surface area contributed by atoms with E-state index < -0.39 is 29.1 Å². The van der Waals surface area contributed by atoms with E-state index in [1.54, 1.807) is 12.1 Å². The Kier molecular flexibility index (Phi) is 7.63. The van der Waals surface area contributed by atoms with Gasteiger partial charge in [0.2, 0.25) is 5.82 Å².